The van der Waals surface area contributed by atoms with Crippen LogP contribution in [0, 0.1) is 0 Å². The van der Waals surface area contributed by atoms with Crippen molar-refractivity contribution in [1.82, 2.24) is 28.7 Å². The van der Waals surface area contributed by atoms with Gasteiger partial charge in [-0.2, -0.15) is 4.98 Å². The van der Waals surface area contributed by atoms with E-state index < -0.39 is 137 Å². The lowest BCUT2D eigenvalue weighted by atomic mass is 9.95. The molecule has 7 heterocycles. The summed E-state index contributed by atoms with van der Waals surface area (Å²) >= 11 is 0. The summed E-state index contributed by atoms with van der Waals surface area (Å²) in [6, 6.07) is 3.23. The number of aliphatic hydroxyl groups is 3. The molecule has 3 aromatic rings. The first-order valence-electron chi connectivity index (χ1n) is 19.3. The molecular weight excluding hydrogens is 892 g/mol. The third kappa shape index (κ3) is 10.4. The Morgan fingerprint density at radius 2 is 1.48 bits per heavy atom. The molecule has 7 rings (SSSR count). The van der Waals surface area contributed by atoms with E-state index in [9.17, 15) is 58.2 Å². The summed E-state index contributed by atoms with van der Waals surface area (Å²) in [7, 11) is -10.7. The number of nitrogens with one attached hydrogen (secondary N) is 2. The molecule has 28 nitrogen and oxygen atoms in total. The molecule has 348 valence electrons. The van der Waals surface area contributed by atoms with E-state index in [4.69, 9.17) is 47.5 Å². The fourth-order valence-corrected chi connectivity index (χ4v) is 9.56. The fraction of sp³-hybridized carbons (Fsp3) is 0.636. The first kappa shape index (κ1) is 46.9. The van der Waals surface area contributed by atoms with Crippen LogP contribution < -0.4 is 33.9 Å². The third-order valence-corrected chi connectivity index (χ3v) is 12.6. The van der Waals surface area contributed by atoms with E-state index in [-0.39, 0.29) is 18.8 Å². The lowest BCUT2D eigenvalue weighted by Crippen LogP contribution is -2.52. The first-order valence-corrected chi connectivity index (χ1v) is 22.3. The van der Waals surface area contributed by atoms with Crippen molar-refractivity contribution in [2.75, 3.05) is 32.2 Å². The van der Waals surface area contributed by atoms with Gasteiger partial charge in [0, 0.05) is 43.8 Å². The number of hydrogen-bond acceptors (Lipinski definition) is 21. The van der Waals surface area contributed by atoms with Crippen molar-refractivity contribution in [1.29, 1.82) is 0 Å². The zero-order valence-corrected chi connectivity index (χ0v) is 34.8. The fourth-order valence-electron chi connectivity index (χ4n) is 7.57. The Bertz CT molecular complexity index is 2510. The quantitative estimate of drug-likeness (QED) is 0.0665. The van der Waals surface area contributed by atoms with E-state index in [1.54, 1.807) is 0 Å². The molecule has 0 bridgehead atoms. The number of aromatic nitrogens is 6. The number of H-pyrrole nitrogens is 2. The van der Waals surface area contributed by atoms with Gasteiger partial charge in [-0.05, 0) is 32.3 Å². The molecule has 0 spiro atoms. The second-order valence-electron chi connectivity index (χ2n) is 15.0. The number of phosphoric acid groups is 2. The molecule has 3 unspecified atom stereocenters. The van der Waals surface area contributed by atoms with Gasteiger partial charge in [-0.15, -0.1) is 0 Å². The normalized spacial score (nSPS) is 34.2. The standard InChI is InChI=1S/C33H45N7O21P2/c1-33(59-24-4-2-3-11-53-24)27(61-63(51,52)54-14-18-25(44)26(45)28(57-18)39-10-7-22(43)37-32(39)48)19(58-29(33)40-8-5-20(34)35-30(40)46)15-55-62(49,50)60-16-12-23(56-17(16)13-41)38-9-6-21(42)36-31(38)47/h5-10,16-19,23-29,41,44-45H,2-4,11-15H2,1H3,(H,49,50)(H,51,52)(H2,34,35,46)(H,36,42,47)(H,37,43,48)/t16-,17+,18+,19+,23+,24?,25+,26+,27+,28+,29+,33+/m0/s1. The summed E-state index contributed by atoms with van der Waals surface area (Å²) in [5, 5.41) is 31.3. The summed E-state index contributed by atoms with van der Waals surface area (Å²) in [6.45, 7) is -1.12. The lowest BCUT2D eigenvalue weighted by molar-refractivity contribution is -0.255. The van der Waals surface area contributed by atoms with Crippen LogP contribution in [-0.2, 0) is 50.9 Å². The number of phosphoric ester groups is 2. The molecule has 0 amide bonds. The molecular formula is C33H45N7O21P2. The van der Waals surface area contributed by atoms with Crippen LogP contribution in [0.3, 0.4) is 0 Å². The Kier molecular flexibility index (Phi) is 14.0. The van der Waals surface area contributed by atoms with Crippen molar-refractivity contribution in [3.63, 3.8) is 0 Å². The second-order valence-corrected chi connectivity index (χ2v) is 17.8. The number of rotatable bonds is 16. The summed E-state index contributed by atoms with van der Waals surface area (Å²) in [4.78, 5) is 91.0. The minimum atomic E-state index is -5.43. The molecule has 63 heavy (non-hydrogen) atoms. The van der Waals surface area contributed by atoms with E-state index in [1.165, 1.54) is 19.2 Å². The maximum Gasteiger partial charge on any atom is 0.472 e. The van der Waals surface area contributed by atoms with E-state index in [0.717, 1.165) is 38.2 Å². The smallest absolute Gasteiger partial charge is 0.394 e. The zero-order chi connectivity index (χ0) is 45.4. The Morgan fingerprint density at radius 1 is 0.841 bits per heavy atom. The topological polar surface area (TPSA) is 389 Å². The van der Waals surface area contributed by atoms with Gasteiger partial charge in [-0.3, -0.25) is 51.4 Å². The maximum atomic E-state index is 13.9. The number of anilines is 1. The van der Waals surface area contributed by atoms with Gasteiger partial charge in [0.2, 0.25) is 0 Å². The van der Waals surface area contributed by atoms with Gasteiger partial charge in [-0.1, -0.05) is 0 Å². The largest absolute Gasteiger partial charge is 0.472 e. The molecule has 0 saturated carbocycles. The van der Waals surface area contributed by atoms with Gasteiger partial charge in [0.25, 0.3) is 11.1 Å². The van der Waals surface area contributed by atoms with E-state index >= 15 is 0 Å². The van der Waals surface area contributed by atoms with Crippen LogP contribution in [0.4, 0.5) is 5.82 Å². The van der Waals surface area contributed by atoms with Crippen molar-refractivity contribution in [2.24, 2.45) is 0 Å². The Balaban J connectivity index is 1.13. The summed E-state index contributed by atoms with van der Waals surface area (Å²) in [5.41, 5.74) is -0.607. The second kappa shape index (κ2) is 18.8. The van der Waals surface area contributed by atoms with Gasteiger partial charge >= 0.3 is 32.7 Å². The van der Waals surface area contributed by atoms with E-state index in [2.05, 4.69) is 4.98 Å². The van der Waals surface area contributed by atoms with Crippen molar-refractivity contribution in [3.8, 4) is 0 Å². The molecule has 4 fully saturated rings. The van der Waals surface area contributed by atoms with Crippen LogP contribution in [-0.4, -0.2) is 135 Å². The minimum absolute atomic E-state index is 0.175. The highest BCUT2D eigenvalue weighted by molar-refractivity contribution is 7.47. The molecule has 14 atom stereocenters. The number of aliphatic hydroxyl groups excluding tert-OH is 3. The lowest BCUT2D eigenvalue weighted by Gasteiger charge is -2.39. The highest BCUT2D eigenvalue weighted by Gasteiger charge is 2.61. The van der Waals surface area contributed by atoms with Gasteiger partial charge in [-0.25, -0.2) is 23.5 Å². The highest BCUT2D eigenvalue weighted by Crippen LogP contribution is 2.55. The van der Waals surface area contributed by atoms with Crippen molar-refractivity contribution in [3.05, 3.63) is 89.0 Å². The molecule has 9 N–H and O–H groups in total. The number of nitrogens with zero attached hydrogens (tertiary/aromatic N) is 4. The first-order chi connectivity index (χ1) is 29.8. The average Bonchev–Trinajstić information content (AvgIpc) is 3.83. The monoisotopic (exact) mass is 937 g/mol. The number of nitrogen functional groups attached to an aromatic ring is 1. The van der Waals surface area contributed by atoms with Crippen LogP contribution in [0.1, 0.15) is 51.3 Å². The predicted molar refractivity (Wildman–Crippen MR) is 205 cm³/mol. The number of ether oxygens (including phenoxy) is 5. The number of nitrogens with two attached hydrogens (primary N) is 1. The van der Waals surface area contributed by atoms with Crippen LogP contribution in [0.25, 0.3) is 0 Å². The van der Waals surface area contributed by atoms with Gasteiger partial charge in [0.1, 0.15) is 60.4 Å². The molecule has 4 saturated heterocycles. The molecule has 30 heteroatoms. The van der Waals surface area contributed by atoms with Gasteiger partial charge in [0.05, 0.1) is 19.8 Å². The van der Waals surface area contributed by atoms with Crippen LogP contribution in [0.15, 0.2) is 60.8 Å². The van der Waals surface area contributed by atoms with Crippen molar-refractivity contribution >= 4 is 21.5 Å². The minimum Gasteiger partial charge on any atom is -0.394 e. The Hall–Kier alpha value is -4.06. The molecule has 0 aliphatic carbocycles. The third-order valence-electron chi connectivity index (χ3n) is 10.6. The SMILES string of the molecule is C[C@@]1(OC2CCCCO2)[C@H](OP(=O)(O)OC[C@H]2O[C@@H](n3ccc(=O)[nH]c3=O)[C@H](O)[C@@H]2O)[C@@H](COP(=O)(O)O[C@H]2C[C@H](n3ccc(=O)[nH]c3=O)O[C@@H]2CO)O[C@H]1n1ccc(N)nc1=O. The summed E-state index contributed by atoms with van der Waals surface area (Å²) in [6.07, 6.45) is -12.2. The molecule has 0 aromatic carbocycles. The number of hydrogen-bond donors (Lipinski definition) is 8. The van der Waals surface area contributed by atoms with Crippen molar-refractivity contribution < 1.29 is 76.0 Å². The molecule has 4 aliphatic heterocycles. The van der Waals surface area contributed by atoms with Crippen LogP contribution in [0.5, 0.6) is 0 Å². The van der Waals surface area contributed by atoms with E-state index in [0.29, 0.717) is 19.3 Å². The zero-order valence-electron chi connectivity index (χ0n) is 33.0. The summed E-state index contributed by atoms with van der Waals surface area (Å²) in [5.74, 6) is -0.175. The molecule has 3 aromatic heterocycles. The molecule has 4 aliphatic rings. The average molecular weight is 938 g/mol. The van der Waals surface area contributed by atoms with Gasteiger partial charge in [0.15, 0.2) is 18.7 Å². The highest BCUT2D eigenvalue weighted by atomic mass is 31.2. The van der Waals surface area contributed by atoms with Crippen molar-refractivity contribution in [2.45, 2.75) is 106 Å². The van der Waals surface area contributed by atoms with Crippen LogP contribution in [0.2, 0.25) is 0 Å². The summed E-state index contributed by atoms with van der Waals surface area (Å²) < 4.78 is 81.2. The number of aromatic amines is 2. The Morgan fingerprint density at radius 3 is 2.10 bits per heavy atom. The van der Waals surface area contributed by atoms with Crippen LogP contribution >= 0.6 is 15.6 Å². The Labute approximate surface area is 352 Å². The molecule has 0 radical (unpaired) electrons. The van der Waals surface area contributed by atoms with Gasteiger partial charge < -0.3 is 54.5 Å². The predicted octanol–water partition coefficient (Wildman–Crippen LogP) is -2.97. The van der Waals surface area contributed by atoms with E-state index in [1.807, 2.05) is 9.97 Å². The maximum absolute atomic E-state index is 13.9.